The highest BCUT2D eigenvalue weighted by molar-refractivity contribution is 6.03. The Kier molecular flexibility index (Phi) is 3.70. The van der Waals surface area contributed by atoms with Gasteiger partial charge in [0.1, 0.15) is 11.6 Å². The summed E-state index contributed by atoms with van der Waals surface area (Å²) in [5, 5.41) is 2.50. The van der Waals surface area contributed by atoms with Crippen molar-refractivity contribution < 1.29 is 13.6 Å². The first kappa shape index (κ1) is 14.0. The van der Waals surface area contributed by atoms with Crippen molar-refractivity contribution in [3.8, 4) is 11.5 Å². The van der Waals surface area contributed by atoms with Crippen LogP contribution in [0.3, 0.4) is 0 Å². The second-order valence-electron chi connectivity index (χ2n) is 4.72. The molecule has 0 aliphatic rings. The van der Waals surface area contributed by atoms with Crippen LogP contribution in [0.4, 0.5) is 10.1 Å². The lowest BCUT2D eigenvalue weighted by atomic mass is 10.2. The van der Waals surface area contributed by atoms with Crippen LogP contribution in [0.2, 0.25) is 0 Å². The topological polar surface area (TPSA) is 55.1 Å². The summed E-state index contributed by atoms with van der Waals surface area (Å²) >= 11 is 0. The molecule has 4 nitrogen and oxygen atoms in total. The largest absolute Gasteiger partial charge is 0.441 e. The second kappa shape index (κ2) is 5.81. The summed E-state index contributed by atoms with van der Waals surface area (Å²) in [5.74, 6) is -0.265. The molecule has 0 radical (unpaired) electrons. The number of carbonyl (C=O) groups is 1. The molecule has 3 aromatic rings. The van der Waals surface area contributed by atoms with Gasteiger partial charge in [0.25, 0.3) is 5.91 Å². The number of aryl methyl sites for hydroxylation is 1. The molecule has 0 bridgehead atoms. The molecule has 0 spiro atoms. The van der Waals surface area contributed by atoms with Crippen LogP contribution in [0.5, 0.6) is 0 Å². The number of benzene rings is 2. The van der Waals surface area contributed by atoms with Crippen LogP contribution in [0.15, 0.2) is 59.0 Å². The van der Waals surface area contributed by atoms with Crippen LogP contribution in [-0.2, 0) is 0 Å². The summed E-state index contributed by atoms with van der Waals surface area (Å²) in [6, 6.07) is 15.2. The normalized spacial score (nSPS) is 10.5. The predicted molar refractivity (Wildman–Crippen MR) is 81.0 cm³/mol. The molecule has 0 unspecified atom stereocenters. The molecule has 3 rings (SSSR count). The van der Waals surface area contributed by atoms with Gasteiger partial charge in [0.05, 0.1) is 5.69 Å². The molecular weight excluding hydrogens is 283 g/mol. The highest BCUT2D eigenvalue weighted by atomic mass is 19.1. The molecule has 0 saturated carbocycles. The van der Waals surface area contributed by atoms with Crippen LogP contribution in [0.25, 0.3) is 11.5 Å². The van der Waals surface area contributed by atoms with Gasteiger partial charge >= 0.3 is 0 Å². The Morgan fingerprint density at radius 1 is 1.09 bits per heavy atom. The number of nitrogens with zero attached hydrogens (tertiary/aromatic N) is 1. The van der Waals surface area contributed by atoms with E-state index in [4.69, 9.17) is 4.42 Å². The SMILES string of the molecule is Cc1oc(-c2ccccc2)nc1C(=O)Nc1ccccc1F. The molecule has 0 saturated heterocycles. The highest BCUT2D eigenvalue weighted by Gasteiger charge is 2.19. The number of oxazole rings is 1. The summed E-state index contributed by atoms with van der Waals surface area (Å²) < 4.78 is 19.1. The number of rotatable bonds is 3. The van der Waals surface area contributed by atoms with E-state index in [0.29, 0.717) is 11.7 Å². The third-order valence-electron chi connectivity index (χ3n) is 3.15. The molecule has 1 amide bonds. The Bertz CT molecular complexity index is 813. The first-order valence-electron chi connectivity index (χ1n) is 6.74. The van der Waals surface area contributed by atoms with E-state index < -0.39 is 11.7 Å². The lowest BCUT2D eigenvalue weighted by molar-refractivity contribution is 0.102. The van der Waals surface area contributed by atoms with Crippen molar-refractivity contribution >= 4 is 11.6 Å². The van der Waals surface area contributed by atoms with Crippen molar-refractivity contribution in [1.29, 1.82) is 0 Å². The van der Waals surface area contributed by atoms with E-state index >= 15 is 0 Å². The number of nitrogens with one attached hydrogen (secondary N) is 1. The van der Waals surface area contributed by atoms with Gasteiger partial charge in [-0.2, -0.15) is 0 Å². The fraction of sp³-hybridized carbons (Fsp3) is 0.0588. The quantitative estimate of drug-likeness (QED) is 0.793. The zero-order chi connectivity index (χ0) is 15.5. The lowest BCUT2D eigenvalue weighted by Crippen LogP contribution is -2.14. The fourth-order valence-electron chi connectivity index (χ4n) is 2.06. The number of aromatic nitrogens is 1. The fourth-order valence-corrected chi connectivity index (χ4v) is 2.06. The van der Waals surface area contributed by atoms with E-state index in [-0.39, 0.29) is 11.4 Å². The van der Waals surface area contributed by atoms with Gasteiger partial charge in [0.15, 0.2) is 5.69 Å². The summed E-state index contributed by atoms with van der Waals surface area (Å²) in [7, 11) is 0. The summed E-state index contributed by atoms with van der Waals surface area (Å²) in [5.41, 5.74) is 1.02. The van der Waals surface area contributed by atoms with Crippen molar-refractivity contribution in [3.63, 3.8) is 0 Å². The van der Waals surface area contributed by atoms with Crippen molar-refractivity contribution in [1.82, 2.24) is 4.98 Å². The van der Waals surface area contributed by atoms with Gasteiger partial charge in [0.2, 0.25) is 5.89 Å². The van der Waals surface area contributed by atoms with Crippen molar-refractivity contribution in [2.45, 2.75) is 6.92 Å². The van der Waals surface area contributed by atoms with Gasteiger partial charge in [-0.1, -0.05) is 30.3 Å². The number of halogens is 1. The van der Waals surface area contributed by atoms with Gasteiger partial charge in [0, 0.05) is 5.56 Å². The van der Waals surface area contributed by atoms with Gasteiger partial charge < -0.3 is 9.73 Å². The van der Waals surface area contributed by atoms with E-state index in [1.165, 1.54) is 12.1 Å². The maximum atomic E-state index is 13.6. The Hall–Kier alpha value is -2.95. The van der Waals surface area contributed by atoms with Crippen molar-refractivity contribution in [2.75, 3.05) is 5.32 Å². The molecular formula is C17H13FN2O2. The number of hydrogen-bond donors (Lipinski definition) is 1. The number of carbonyl (C=O) groups excluding carboxylic acids is 1. The van der Waals surface area contributed by atoms with Crippen LogP contribution < -0.4 is 5.32 Å². The molecule has 1 heterocycles. The van der Waals surface area contributed by atoms with E-state index in [1.54, 1.807) is 19.1 Å². The van der Waals surface area contributed by atoms with Gasteiger partial charge in [-0.05, 0) is 31.2 Å². The molecule has 0 fully saturated rings. The van der Waals surface area contributed by atoms with Crippen molar-refractivity contribution in [2.24, 2.45) is 0 Å². The maximum Gasteiger partial charge on any atom is 0.278 e. The van der Waals surface area contributed by atoms with Crippen LogP contribution >= 0.6 is 0 Å². The molecule has 5 heteroatoms. The summed E-state index contributed by atoms with van der Waals surface area (Å²) in [4.78, 5) is 16.4. The molecule has 2 aromatic carbocycles. The van der Waals surface area contributed by atoms with Gasteiger partial charge in [-0.15, -0.1) is 0 Å². The first-order chi connectivity index (χ1) is 10.6. The zero-order valence-electron chi connectivity index (χ0n) is 11.8. The molecule has 1 N–H and O–H groups in total. The Balaban J connectivity index is 1.88. The maximum absolute atomic E-state index is 13.6. The second-order valence-corrected chi connectivity index (χ2v) is 4.72. The summed E-state index contributed by atoms with van der Waals surface area (Å²) in [6.07, 6.45) is 0. The highest BCUT2D eigenvalue weighted by Crippen LogP contribution is 2.22. The zero-order valence-corrected chi connectivity index (χ0v) is 11.8. The number of hydrogen-bond acceptors (Lipinski definition) is 3. The molecule has 1 aromatic heterocycles. The third kappa shape index (κ3) is 2.74. The molecule has 0 aliphatic carbocycles. The minimum atomic E-state index is -0.506. The monoisotopic (exact) mass is 296 g/mol. The van der Waals surface area contributed by atoms with Crippen LogP contribution in [0, 0.1) is 12.7 Å². The molecule has 110 valence electrons. The Morgan fingerprint density at radius 3 is 2.50 bits per heavy atom. The van der Waals surface area contributed by atoms with E-state index in [2.05, 4.69) is 10.3 Å². The minimum Gasteiger partial charge on any atom is -0.441 e. The molecule has 22 heavy (non-hydrogen) atoms. The summed E-state index contributed by atoms with van der Waals surface area (Å²) in [6.45, 7) is 1.65. The van der Waals surface area contributed by atoms with Crippen LogP contribution in [0.1, 0.15) is 16.2 Å². The lowest BCUT2D eigenvalue weighted by Gasteiger charge is -2.04. The van der Waals surface area contributed by atoms with E-state index in [9.17, 15) is 9.18 Å². The average molecular weight is 296 g/mol. The van der Waals surface area contributed by atoms with E-state index in [0.717, 1.165) is 5.56 Å². The molecule has 0 aliphatic heterocycles. The molecule has 0 atom stereocenters. The number of para-hydroxylation sites is 1. The Labute approximate surface area is 126 Å². The third-order valence-corrected chi connectivity index (χ3v) is 3.15. The van der Waals surface area contributed by atoms with E-state index in [1.807, 2.05) is 30.3 Å². The minimum absolute atomic E-state index is 0.108. The van der Waals surface area contributed by atoms with Crippen LogP contribution in [-0.4, -0.2) is 10.9 Å². The number of anilines is 1. The predicted octanol–water partition coefficient (Wildman–Crippen LogP) is 4.04. The Morgan fingerprint density at radius 2 is 1.77 bits per heavy atom. The smallest absolute Gasteiger partial charge is 0.278 e. The first-order valence-corrected chi connectivity index (χ1v) is 6.74. The number of amides is 1. The van der Waals surface area contributed by atoms with Crippen molar-refractivity contribution in [3.05, 3.63) is 71.9 Å². The standard InChI is InChI=1S/C17H13FN2O2/c1-11-15(16(21)19-14-10-6-5-9-13(14)18)20-17(22-11)12-7-3-2-4-8-12/h2-10H,1H3,(H,19,21). The average Bonchev–Trinajstić information content (AvgIpc) is 2.92. The van der Waals surface area contributed by atoms with Gasteiger partial charge in [-0.25, -0.2) is 9.37 Å². The van der Waals surface area contributed by atoms with Gasteiger partial charge in [-0.3, -0.25) is 4.79 Å².